The number of nitrogens with zero attached hydrogens (tertiary/aromatic N) is 4. The van der Waals surface area contributed by atoms with E-state index in [-0.39, 0.29) is 0 Å². The summed E-state index contributed by atoms with van der Waals surface area (Å²) in [4.78, 5) is 0. The van der Waals surface area contributed by atoms with Gasteiger partial charge in [-0.25, -0.2) is 0 Å². The molecule has 4 nitrogen and oxygen atoms in total. The van der Waals surface area contributed by atoms with Crippen LogP contribution < -0.4 is 0 Å². The molecule has 200 valence electrons. The van der Waals surface area contributed by atoms with E-state index in [0.717, 1.165) is 49.9 Å². The Hall–Kier alpha value is -6.10. The van der Waals surface area contributed by atoms with Crippen LogP contribution in [0.4, 0.5) is 0 Å². The second kappa shape index (κ2) is 9.48. The molecule has 0 radical (unpaired) electrons. The standard InChI is InChI=1S/C39H24N4/c1-25-28(23-40)15-16-29(24-41)39(25)43-36-14-8-6-12-32(36)34-22-27(18-20-38(34)43)26-17-19-37-33(21-26)31-11-5-7-13-35(31)42(37)30-9-3-2-4-10-30/h2-22H,1H3. The molecule has 43 heavy (non-hydrogen) atoms. The van der Waals surface area contributed by atoms with Gasteiger partial charge in [-0.3, -0.25) is 0 Å². The first-order valence-corrected chi connectivity index (χ1v) is 14.2. The van der Waals surface area contributed by atoms with Crippen LogP contribution >= 0.6 is 0 Å². The number of benzene rings is 6. The third kappa shape index (κ3) is 3.61. The molecule has 0 spiro atoms. The van der Waals surface area contributed by atoms with Crippen LogP contribution in [-0.2, 0) is 0 Å². The normalized spacial score (nSPS) is 11.3. The van der Waals surface area contributed by atoms with Crippen LogP contribution in [0.5, 0.6) is 0 Å². The molecule has 4 heteroatoms. The zero-order valence-electron chi connectivity index (χ0n) is 23.4. The largest absolute Gasteiger partial charge is 0.309 e. The van der Waals surface area contributed by atoms with E-state index in [9.17, 15) is 10.5 Å². The summed E-state index contributed by atoms with van der Waals surface area (Å²) in [6.07, 6.45) is 0. The molecule has 0 amide bonds. The van der Waals surface area contributed by atoms with E-state index < -0.39 is 0 Å². The third-order valence-electron chi connectivity index (χ3n) is 8.59. The van der Waals surface area contributed by atoms with Gasteiger partial charge in [0.05, 0.1) is 45.0 Å². The Labute approximate surface area is 248 Å². The molecule has 0 aliphatic carbocycles. The van der Waals surface area contributed by atoms with Gasteiger partial charge in [0.2, 0.25) is 0 Å². The average molecular weight is 549 g/mol. The summed E-state index contributed by atoms with van der Waals surface area (Å²) in [6.45, 7) is 1.92. The lowest BCUT2D eigenvalue weighted by molar-refractivity contribution is 1.13. The summed E-state index contributed by atoms with van der Waals surface area (Å²) >= 11 is 0. The summed E-state index contributed by atoms with van der Waals surface area (Å²) in [5.74, 6) is 0. The van der Waals surface area contributed by atoms with E-state index in [1.807, 2.05) is 25.1 Å². The molecule has 0 aliphatic rings. The van der Waals surface area contributed by atoms with E-state index in [0.29, 0.717) is 11.1 Å². The molecule has 0 aliphatic heterocycles. The lowest BCUT2D eigenvalue weighted by Gasteiger charge is -2.14. The highest BCUT2D eigenvalue weighted by Gasteiger charge is 2.19. The quantitative estimate of drug-likeness (QED) is 0.221. The fraction of sp³-hybridized carbons (Fsp3) is 0.0256. The minimum absolute atomic E-state index is 0.545. The van der Waals surface area contributed by atoms with Gasteiger partial charge in [-0.2, -0.15) is 10.5 Å². The molecule has 0 saturated heterocycles. The van der Waals surface area contributed by atoms with Crippen LogP contribution in [0.2, 0.25) is 0 Å². The third-order valence-corrected chi connectivity index (χ3v) is 8.59. The summed E-state index contributed by atoms with van der Waals surface area (Å²) < 4.78 is 4.47. The van der Waals surface area contributed by atoms with Crippen molar-refractivity contribution in [1.82, 2.24) is 9.13 Å². The van der Waals surface area contributed by atoms with Crippen LogP contribution in [0, 0.1) is 29.6 Å². The highest BCUT2D eigenvalue weighted by atomic mass is 15.0. The topological polar surface area (TPSA) is 57.4 Å². The number of para-hydroxylation sites is 3. The molecular weight excluding hydrogens is 524 g/mol. The second-order valence-electron chi connectivity index (χ2n) is 10.9. The maximum absolute atomic E-state index is 10.0. The van der Waals surface area contributed by atoms with Crippen molar-refractivity contribution in [1.29, 1.82) is 10.5 Å². The number of rotatable bonds is 3. The van der Waals surface area contributed by atoms with Crippen molar-refractivity contribution in [3.05, 3.63) is 144 Å². The van der Waals surface area contributed by atoms with Crippen LogP contribution in [0.1, 0.15) is 16.7 Å². The highest BCUT2D eigenvalue weighted by Crippen LogP contribution is 2.39. The number of hydrogen-bond acceptors (Lipinski definition) is 2. The van der Waals surface area contributed by atoms with Gasteiger partial charge < -0.3 is 9.13 Å². The van der Waals surface area contributed by atoms with Crippen molar-refractivity contribution in [3.8, 4) is 34.6 Å². The van der Waals surface area contributed by atoms with E-state index in [4.69, 9.17) is 0 Å². The van der Waals surface area contributed by atoms with Gasteiger partial charge in [0, 0.05) is 27.2 Å². The summed E-state index contributed by atoms with van der Waals surface area (Å²) in [5.41, 5.74) is 10.4. The second-order valence-corrected chi connectivity index (χ2v) is 10.9. The van der Waals surface area contributed by atoms with Gasteiger partial charge in [-0.05, 0) is 84.3 Å². The van der Waals surface area contributed by atoms with Crippen LogP contribution in [0.3, 0.4) is 0 Å². The molecule has 2 heterocycles. The maximum atomic E-state index is 10.0. The first-order chi connectivity index (χ1) is 21.2. The maximum Gasteiger partial charge on any atom is 0.101 e. The van der Waals surface area contributed by atoms with Crippen molar-refractivity contribution >= 4 is 43.6 Å². The zero-order chi connectivity index (χ0) is 29.1. The molecule has 0 atom stereocenters. The van der Waals surface area contributed by atoms with E-state index in [2.05, 4.69) is 118 Å². The fourth-order valence-corrected chi connectivity index (χ4v) is 6.60. The van der Waals surface area contributed by atoms with Crippen LogP contribution in [0.25, 0.3) is 66.1 Å². The Bertz CT molecular complexity index is 2480. The number of aromatic nitrogens is 2. The number of hydrogen-bond donors (Lipinski definition) is 0. The number of nitriles is 2. The van der Waals surface area contributed by atoms with E-state index in [1.54, 1.807) is 12.1 Å². The lowest BCUT2D eigenvalue weighted by Crippen LogP contribution is -2.02. The van der Waals surface area contributed by atoms with Crippen molar-refractivity contribution < 1.29 is 0 Å². The van der Waals surface area contributed by atoms with Gasteiger partial charge >= 0.3 is 0 Å². The Morgan fingerprint density at radius 2 is 0.953 bits per heavy atom. The van der Waals surface area contributed by atoms with E-state index >= 15 is 0 Å². The van der Waals surface area contributed by atoms with Gasteiger partial charge in [0.1, 0.15) is 6.07 Å². The molecular formula is C39H24N4. The predicted molar refractivity (Wildman–Crippen MR) is 175 cm³/mol. The zero-order valence-corrected chi connectivity index (χ0v) is 23.4. The first kappa shape index (κ1) is 24.7. The SMILES string of the molecule is Cc1c(C#N)ccc(C#N)c1-n1c2ccccc2c2cc(-c3ccc4c(c3)c3ccccc3n4-c3ccccc3)ccc21. The molecule has 0 fully saturated rings. The Morgan fingerprint density at radius 1 is 0.465 bits per heavy atom. The summed E-state index contributed by atoms with van der Waals surface area (Å²) in [6, 6.07) is 48.7. The minimum atomic E-state index is 0.545. The summed E-state index contributed by atoms with van der Waals surface area (Å²) in [7, 11) is 0. The van der Waals surface area contributed by atoms with Crippen LogP contribution in [-0.4, -0.2) is 9.13 Å². The highest BCUT2D eigenvalue weighted by molar-refractivity contribution is 6.12. The Balaban J connectivity index is 1.37. The van der Waals surface area contributed by atoms with Crippen molar-refractivity contribution in [3.63, 3.8) is 0 Å². The average Bonchev–Trinajstić information content (AvgIpc) is 3.57. The monoisotopic (exact) mass is 548 g/mol. The smallest absolute Gasteiger partial charge is 0.101 e. The molecule has 2 aromatic heterocycles. The molecule has 8 rings (SSSR count). The molecule has 0 unspecified atom stereocenters. The fourth-order valence-electron chi connectivity index (χ4n) is 6.60. The van der Waals surface area contributed by atoms with Crippen molar-refractivity contribution in [2.45, 2.75) is 6.92 Å². The van der Waals surface area contributed by atoms with Gasteiger partial charge in [-0.15, -0.1) is 0 Å². The van der Waals surface area contributed by atoms with Gasteiger partial charge in [-0.1, -0.05) is 66.7 Å². The molecule has 8 aromatic rings. The number of fused-ring (bicyclic) bond motifs is 6. The van der Waals surface area contributed by atoms with E-state index in [1.165, 1.54) is 21.8 Å². The minimum Gasteiger partial charge on any atom is -0.309 e. The molecule has 0 bridgehead atoms. The Morgan fingerprint density at radius 3 is 1.56 bits per heavy atom. The Kier molecular flexibility index (Phi) is 5.44. The molecule has 0 N–H and O–H groups in total. The van der Waals surface area contributed by atoms with Gasteiger partial charge in [0.25, 0.3) is 0 Å². The molecule has 6 aromatic carbocycles. The van der Waals surface area contributed by atoms with Crippen molar-refractivity contribution in [2.75, 3.05) is 0 Å². The van der Waals surface area contributed by atoms with Crippen molar-refractivity contribution in [2.24, 2.45) is 0 Å². The molecule has 0 saturated carbocycles. The van der Waals surface area contributed by atoms with Crippen LogP contribution in [0.15, 0.2) is 127 Å². The predicted octanol–water partition coefficient (Wildman–Crippen LogP) is 9.60. The lowest BCUT2D eigenvalue weighted by atomic mass is 10.0. The summed E-state index contributed by atoms with van der Waals surface area (Å²) in [5, 5.41) is 24.4. The first-order valence-electron chi connectivity index (χ1n) is 14.2. The van der Waals surface area contributed by atoms with Gasteiger partial charge in [0.15, 0.2) is 0 Å².